The molecule has 1 aromatic carbocycles. The van der Waals surface area contributed by atoms with Crippen LogP contribution in [0.4, 0.5) is 4.39 Å². The van der Waals surface area contributed by atoms with Gasteiger partial charge in [-0.05, 0) is 65.9 Å². The minimum absolute atomic E-state index is 0.140. The Morgan fingerprint density at radius 2 is 2.16 bits per heavy atom. The zero-order valence-corrected chi connectivity index (χ0v) is 13.1. The highest BCUT2D eigenvalue weighted by molar-refractivity contribution is 14.1. The van der Waals surface area contributed by atoms with Crippen molar-refractivity contribution in [3.05, 3.63) is 62.7 Å². The molecule has 1 N–H and O–H groups in total. The van der Waals surface area contributed by atoms with Gasteiger partial charge in [0.2, 0.25) is 0 Å². The summed E-state index contributed by atoms with van der Waals surface area (Å²) < 4.78 is 14.1. The van der Waals surface area contributed by atoms with Crippen LogP contribution in [0.25, 0.3) is 0 Å². The monoisotopic (exact) mass is 370 g/mol. The average molecular weight is 370 g/mol. The summed E-state index contributed by atoms with van der Waals surface area (Å²) in [4.78, 5) is 4.42. The number of benzene rings is 1. The maximum Gasteiger partial charge on any atom is 0.124 e. The first-order valence-corrected chi connectivity index (χ1v) is 7.22. The molecule has 2 nitrogen and oxygen atoms in total. The SMILES string of the molecule is CNC(Cc1ncccc1C)c1ccc(F)cc1I. The van der Waals surface area contributed by atoms with Gasteiger partial charge in [-0.15, -0.1) is 0 Å². The highest BCUT2D eigenvalue weighted by Gasteiger charge is 2.15. The zero-order valence-electron chi connectivity index (χ0n) is 11.0. The van der Waals surface area contributed by atoms with E-state index in [-0.39, 0.29) is 11.9 Å². The molecule has 4 heteroatoms. The van der Waals surface area contributed by atoms with Crippen LogP contribution in [0.3, 0.4) is 0 Å². The van der Waals surface area contributed by atoms with Crippen molar-refractivity contribution in [3.8, 4) is 0 Å². The van der Waals surface area contributed by atoms with Gasteiger partial charge < -0.3 is 5.32 Å². The lowest BCUT2D eigenvalue weighted by molar-refractivity contribution is 0.574. The van der Waals surface area contributed by atoms with Gasteiger partial charge >= 0.3 is 0 Å². The molecule has 1 aromatic heterocycles. The lowest BCUT2D eigenvalue weighted by Gasteiger charge is -2.18. The van der Waals surface area contributed by atoms with E-state index in [0.717, 1.165) is 21.2 Å². The quantitative estimate of drug-likeness (QED) is 0.832. The zero-order chi connectivity index (χ0) is 13.8. The molecule has 0 saturated heterocycles. The van der Waals surface area contributed by atoms with Crippen LogP contribution in [0, 0.1) is 16.3 Å². The molecular weight excluding hydrogens is 354 g/mol. The predicted molar refractivity (Wildman–Crippen MR) is 83.6 cm³/mol. The fourth-order valence-electron chi connectivity index (χ4n) is 2.08. The molecule has 100 valence electrons. The molecule has 0 amide bonds. The summed E-state index contributed by atoms with van der Waals surface area (Å²) in [5.74, 6) is -0.197. The number of pyridine rings is 1. The summed E-state index contributed by atoms with van der Waals surface area (Å²) in [6, 6.07) is 9.05. The van der Waals surface area contributed by atoms with Gasteiger partial charge in [-0.25, -0.2) is 4.39 Å². The van der Waals surface area contributed by atoms with Crippen LogP contribution in [-0.2, 0) is 6.42 Å². The number of nitrogens with one attached hydrogen (secondary N) is 1. The molecule has 0 aliphatic heterocycles. The van der Waals surface area contributed by atoms with E-state index in [9.17, 15) is 4.39 Å². The summed E-state index contributed by atoms with van der Waals surface area (Å²) in [5.41, 5.74) is 3.36. The van der Waals surface area contributed by atoms with Crippen LogP contribution in [-0.4, -0.2) is 12.0 Å². The molecule has 1 unspecified atom stereocenters. The molecule has 0 spiro atoms. The van der Waals surface area contributed by atoms with Gasteiger partial charge in [-0.2, -0.15) is 0 Å². The third-order valence-corrected chi connectivity index (χ3v) is 4.14. The molecule has 0 aliphatic rings. The minimum Gasteiger partial charge on any atom is -0.313 e. The third kappa shape index (κ3) is 3.51. The van der Waals surface area contributed by atoms with Crippen LogP contribution in [0.1, 0.15) is 22.9 Å². The molecule has 2 aromatic rings. The molecule has 0 fully saturated rings. The second-order valence-electron chi connectivity index (χ2n) is 4.48. The molecule has 1 atom stereocenters. The maximum absolute atomic E-state index is 13.2. The lowest BCUT2D eigenvalue weighted by atomic mass is 10.00. The lowest BCUT2D eigenvalue weighted by Crippen LogP contribution is -2.21. The highest BCUT2D eigenvalue weighted by atomic mass is 127. The van der Waals surface area contributed by atoms with Crippen molar-refractivity contribution in [2.75, 3.05) is 7.05 Å². The molecule has 1 heterocycles. The van der Waals surface area contributed by atoms with E-state index < -0.39 is 0 Å². The molecule has 0 bridgehead atoms. The van der Waals surface area contributed by atoms with Crippen LogP contribution in [0.15, 0.2) is 36.5 Å². The van der Waals surface area contributed by atoms with Crippen molar-refractivity contribution in [1.29, 1.82) is 0 Å². The number of likely N-dealkylation sites (N-methyl/N-ethyl adjacent to an activating group) is 1. The summed E-state index contributed by atoms with van der Waals surface area (Å²) in [6.45, 7) is 2.06. The van der Waals surface area contributed by atoms with Crippen molar-refractivity contribution >= 4 is 22.6 Å². The number of rotatable bonds is 4. The van der Waals surface area contributed by atoms with Crippen molar-refractivity contribution < 1.29 is 4.39 Å². The summed E-state index contributed by atoms with van der Waals surface area (Å²) in [7, 11) is 1.92. The number of hydrogen-bond acceptors (Lipinski definition) is 2. The Hall–Kier alpha value is -1.01. The molecule has 0 aliphatic carbocycles. The van der Waals surface area contributed by atoms with Gasteiger partial charge in [0.15, 0.2) is 0 Å². The first-order chi connectivity index (χ1) is 9.11. The number of halogens is 2. The second-order valence-corrected chi connectivity index (χ2v) is 5.64. The van der Waals surface area contributed by atoms with Crippen molar-refractivity contribution in [1.82, 2.24) is 10.3 Å². The number of hydrogen-bond donors (Lipinski definition) is 1. The van der Waals surface area contributed by atoms with Crippen LogP contribution < -0.4 is 5.32 Å². The second kappa shape index (κ2) is 6.43. The van der Waals surface area contributed by atoms with Gasteiger partial charge in [0.05, 0.1) is 0 Å². The van der Waals surface area contributed by atoms with E-state index >= 15 is 0 Å². The Bertz CT molecular complexity index is 572. The third-order valence-electron chi connectivity index (χ3n) is 3.20. The standard InChI is InChI=1S/C15H16FIN2/c1-10-4-3-7-19-14(10)9-15(18-2)12-6-5-11(16)8-13(12)17/h3-8,15,18H,9H2,1-2H3. The average Bonchev–Trinajstić information content (AvgIpc) is 2.39. The fraction of sp³-hybridized carbons (Fsp3) is 0.267. The van der Waals surface area contributed by atoms with E-state index in [1.807, 2.05) is 25.4 Å². The van der Waals surface area contributed by atoms with Gasteiger partial charge in [0.25, 0.3) is 0 Å². The van der Waals surface area contributed by atoms with Crippen LogP contribution in [0.2, 0.25) is 0 Å². The first kappa shape index (κ1) is 14.4. The van der Waals surface area contributed by atoms with E-state index in [0.29, 0.717) is 0 Å². The van der Waals surface area contributed by atoms with Crippen LogP contribution in [0.5, 0.6) is 0 Å². The Kier molecular flexibility index (Phi) is 4.87. The van der Waals surface area contributed by atoms with E-state index in [2.05, 4.69) is 45.9 Å². The van der Waals surface area contributed by atoms with E-state index in [1.54, 1.807) is 6.07 Å². The van der Waals surface area contributed by atoms with Gasteiger partial charge in [-0.3, -0.25) is 4.98 Å². The minimum atomic E-state index is -0.197. The van der Waals surface area contributed by atoms with E-state index in [4.69, 9.17) is 0 Å². The summed E-state index contributed by atoms with van der Waals surface area (Å²) >= 11 is 2.18. The summed E-state index contributed by atoms with van der Waals surface area (Å²) in [6.07, 6.45) is 2.61. The number of aromatic nitrogens is 1. The predicted octanol–water partition coefficient (Wildman–Crippen LogP) is 3.64. The number of nitrogens with zero attached hydrogens (tertiary/aromatic N) is 1. The highest BCUT2D eigenvalue weighted by Crippen LogP contribution is 2.24. The van der Waals surface area contributed by atoms with Crippen LogP contribution >= 0.6 is 22.6 Å². The number of aryl methyl sites for hydroxylation is 1. The Balaban J connectivity index is 2.28. The largest absolute Gasteiger partial charge is 0.313 e. The topological polar surface area (TPSA) is 24.9 Å². The van der Waals surface area contributed by atoms with Gasteiger partial charge in [0, 0.05) is 27.9 Å². The normalized spacial score (nSPS) is 12.4. The summed E-state index contributed by atoms with van der Waals surface area (Å²) in [5, 5.41) is 3.29. The first-order valence-electron chi connectivity index (χ1n) is 6.14. The molecule has 0 saturated carbocycles. The molecule has 0 radical (unpaired) electrons. The molecular formula is C15H16FIN2. The Morgan fingerprint density at radius 3 is 2.79 bits per heavy atom. The van der Waals surface area contributed by atoms with Crippen molar-refractivity contribution in [3.63, 3.8) is 0 Å². The Labute approximate surface area is 126 Å². The van der Waals surface area contributed by atoms with Crippen molar-refractivity contribution in [2.45, 2.75) is 19.4 Å². The van der Waals surface area contributed by atoms with Gasteiger partial charge in [0.1, 0.15) is 5.82 Å². The Morgan fingerprint density at radius 1 is 1.37 bits per heavy atom. The smallest absolute Gasteiger partial charge is 0.124 e. The van der Waals surface area contributed by atoms with Gasteiger partial charge in [-0.1, -0.05) is 12.1 Å². The van der Waals surface area contributed by atoms with E-state index in [1.165, 1.54) is 11.6 Å². The molecule has 19 heavy (non-hydrogen) atoms. The fourth-order valence-corrected chi connectivity index (χ4v) is 2.93. The maximum atomic E-state index is 13.2. The molecule has 2 rings (SSSR count). The van der Waals surface area contributed by atoms with Crippen molar-refractivity contribution in [2.24, 2.45) is 0 Å².